The lowest BCUT2D eigenvalue weighted by Gasteiger charge is -2.38. The lowest BCUT2D eigenvalue weighted by molar-refractivity contribution is -0.0559. The molecule has 0 aromatic heterocycles. The Balaban J connectivity index is 2.04. The molecule has 0 aromatic carbocycles. The van der Waals surface area contributed by atoms with Crippen molar-refractivity contribution in [1.29, 1.82) is 0 Å². The minimum absolute atomic E-state index is 0.0471. The summed E-state index contributed by atoms with van der Waals surface area (Å²) < 4.78 is 0. The smallest absolute Gasteiger partial charge is 0.0974 e. The van der Waals surface area contributed by atoms with Crippen LogP contribution in [0.4, 0.5) is 0 Å². The van der Waals surface area contributed by atoms with E-state index in [0.717, 1.165) is 12.8 Å². The Hall–Kier alpha value is -0.200. The maximum Gasteiger partial charge on any atom is 0.0974 e. The molecule has 0 saturated carbocycles. The number of rotatable bonds is 13. The van der Waals surface area contributed by atoms with Crippen molar-refractivity contribution in [2.45, 2.75) is 114 Å². The molecular weight excluding hydrogens is 306 g/mol. The fourth-order valence-corrected chi connectivity index (χ4v) is 3.63. The van der Waals surface area contributed by atoms with Crippen molar-refractivity contribution in [2.24, 2.45) is 0 Å². The predicted octanol–water partition coefficient (Wildman–Crippen LogP) is 2.10. The van der Waals surface area contributed by atoms with Crippen molar-refractivity contribution >= 4 is 0 Å². The number of nitrogens with one attached hydrogen (secondary N) is 1. The summed E-state index contributed by atoms with van der Waals surface area (Å²) >= 11 is 0. The Bertz CT molecular complexity index is 303. The zero-order valence-corrected chi connectivity index (χ0v) is 15.4. The third kappa shape index (κ3) is 8.77. The first-order chi connectivity index (χ1) is 11.6. The van der Waals surface area contributed by atoms with Crippen molar-refractivity contribution in [2.75, 3.05) is 6.61 Å². The topological polar surface area (TPSA) is 93.0 Å². The van der Waals surface area contributed by atoms with Gasteiger partial charge in [0.15, 0.2) is 0 Å². The average Bonchev–Trinajstić information content (AvgIpc) is 2.56. The molecule has 1 heterocycles. The van der Waals surface area contributed by atoms with Crippen molar-refractivity contribution in [1.82, 2.24) is 5.32 Å². The van der Waals surface area contributed by atoms with E-state index < -0.39 is 18.2 Å². The third-order valence-corrected chi connectivity index (χ3v) is 5.18. The van der Waals surface area contributed by atoms with E-state index in [1.807, 2.05) is 0 Å². The number of hydrogen-bond donors (Lipinski definition) is 5. The van der Waals surface area contributed by atoms with Crippen LogP contribution in [0.1, 0.15) is 84.0 Å². The Kier molecular flexibility index (Phi) is 11.9. The molecule has 0 unspecified atom stereocenters. The highest BCUT2D eigenvalue weighted by molar-refractivity contribution is 4.92. The molecule has 0 radical (unpaired) electrons. The van der Waals surface area contributed by atoms with E-state index in [4.69, 9.17) is 0 Å². The summed E-state index contributed by atoms with van der Waals surface area (Å²) in [4.78, 5) is 0. The summed E-state index contributed by atoms with van der Waals surface area (Å²) in [6.07, 6.45) is 11.1. The highest BCUT2D eigenvalue weighted by atomic mass is 16.3. The van der Waals surface area contributed by atoms with Gasteiger partial charge in [-0.05, 0) is 19.3 Å². The van der Waals surface area contributed by atoms with Gasteiger partial charge in [0.25, 0.3) is 0 Å². The molecule has 0 amide bonds. The molecule has 24 heavy (non-hydrogen) atoms. The summed E-state index contributed by atoms with van der Waals surface area (Å²) in [5, 5.41) is 42.1. The van der Waals surface area contributed by atoms with E-state index >= 15 is 0 Å². The molecule has 5 heteroatoms. The van der Waals surface area contributed by atoms with E-state index in [1.54, 1.807) is 0 Å². The first-order valence-corrected chi connectivity index (χ1v) is 9.99. The van der Waals surface area contributed by atoms with Gasteiger partial charge in [-0.15, -0.1) is 0 Å². The second kappa shape index (κ2) is 13.1. The van der Waals surface area contributed by atoms with Crippen LogP contribution >= 0.6 is 0 Å². The Morgan fingerprint density at radius 2 is 1.54 bits per heavy atom. The second-order valence-corrected chi connectivity index (χ2v) is 7.45. The Labute approximate surface area is 147 Å². The van der Waals surface area contributed by atoms with Gasteiger partial charge in [0, 0.05) is 6.04 Å². The summed E-state index contributed by atoms with van der Waals surface area (Å²) in [6, 6.07) is -0.548. The molecule has 5 atom stereocenters. The fourth-order valence-electron chi connectivity index (χ4n) is 3.63. The third-order valence-electron chi connectivity index (χ3n) is 5.18. The normalized spacial score (nSPS) is 28.9. The number of hydrogen-bond acceptors (Lipinski definition) is 5. The predicted molar refractivity (Wildman–Crippen MR) is 96.9 cm³/mol. The molecule has 1 rings (SSSR count). The maximum absolute atomic E-state index is 10.2. The maximum atomic E-state index is 10.2. The van der Waals surface area contributed by atoms with Gasteiger partial charge in [-0.25, -0.2) is 0 Å². The van der Waals surface area contributed by atoms with Gasteiger partial charge >= 0.3 is 0 Å². The molecular formula is C19H39NO4. The first kappa shape index (κ1) is 21.8. The summed E-state index contributed by atoms with van der Waals surface area (Å²) in [5.41, 5.74) is 0. The molecule has 1 fully saturated rings. The second-order valence-electron chi connectivity index (χ2n) is 7.45. The highest BCUT2D eigenvalue weighted by Crippen LogP contribution is 2.20. The number of piperidine rings is 1. The lowest BCUT2D eigenvalue weighted by Crippen LogP contribution is -2.59. The van der Waals surface area contributed by atoms with Gasteiger partial charge in [0.1, 0.15) is 0 Å². The number of aliphatic hydroxyl groups excluding tert-OH is 4. The van der Waals surface area contributed by atoms with Gasteiger partial charge in [-0.1, -0.05) is 64.7 Å². The summed E-state index contributed by atoms with van der Waals surface area (Å²) in [7, 11) is 0. The van der Waals surface area contributed by atoms with Crippen LogP contribution < -0.4 is 5.32 Å². The SMILES string of the molecule is CCCCCCCCCCC[C@@H](O)C[C@@H]1C[C@@H](O)[C@H](O)[C@H](CO)N1. The molecule has 0 spiro atoms. The van der Waals surface area contributed by atoms with Crippen LogP contribution in [0.5, 0.6) is 0 Å². The van der Waals surface area contributed by atoms with Crippen LogP contribution in [0.15, 0.2) is 0 Å². The standard InChI is InChI=1S/C19H39NO4/c1-2-3-4-5-6-7-8-9-10-11-16(22)12-15-13-18(23)19(24)17(14-21)20-15/h15-24H,2-14H2,1H3/t15-,16-,17+,18-,19-/m1/s1. The summed E-state index contributed by atoms with van der Waals surface area (Å²) in [6.45, 7) is 2.03. The van der Waals surface area contributed by atoms with E-state index in [9.17, 15) is 20.4 Å². The van der Waals surface area contributed by atoms with Gasteiger partial charge in [-0.3, -0.25) is 0 Å². The van der Waals surface area contributed by atoms with E-state index in [-0.39, 0.29) is 18.8 Å². The van der Waals surface area contributed by atoms with Crippen molar-refractivity contribution < 1.29 is 20.4 Å². The van der Waals surface area contributed by atoms with Crippen LogP contribution in [-0.2, 0) is 0 Å². The Morgan fingerprint density at radius 3 is 2.12 bits per heavy atom. The molecule has 5 nitrogen and oxygen atoms in total. The molecule has 5 N–H and O–H groups in total. The minimum Gasteiger partial charge on any atom is -0.395 e. The van der Waals surface area contributed by atoms with Gasteiger partial charge < -0.3 is 25.7 Å². The van der Waals surface area contributed by atoms with Crippen LogP contribution in [-0.4, -0.2) is 57.4 Å². The molecule has 1 aliphatic rings. The minimum atomic E-state index is -0.930. The highest BCUT2D eigenvalue weighted by Gasteiger charge is 2.35. The fraction of sp³-hybridized carbons (Fsp3) is 1.00. The zero-order chi connectivity index (χ0) is 17.8. The number of aliphatic hydroxyl groups is 4. The zero-order valence-electron chi connectivity index (χ0n) is 15.4. The summed E-state index contributed by atoms with van der Waals surface area (Å²) in [5.74, 6) is 0. The van der Waals surface area contributed by atoms with Crippen LogP contribution in [0, 0.1) is 0 Å². The van der Waals surface area contributed by atoms with E-state index in [2.05, 4.69) is 12.2 Å². The van der Waals surface area contributed by atoms with Gasteiger partial charge in [0.05, 0.1) is 31.0 Å². The average molecular weight is 346 g/mol. The Morgan fingerprint density at radius 1 is 0.958 bits per heavy atom. The monoisotopic (exact) mass is 345 g/mol. The van der Waals surface area contributed by atoms with Crippen molar-refractivity contribution in [3.05, 3.63) is 0 Å². The number of unbranched alkanes of at least 4 members (excludes halogenated alkanes) is 8. The molecule has 1 aliphatic heterocycles. The lowest BCUT2D eigenvalue weighted by atomic mass is 9.89. The first-order valence-electron chi connectivity index (χ1n) is 9.99. The van der Waals surface area contributed by atoms with Crippen LogP contribution in [0.3, 0.4) is 0 Å². The van der Waals surface area contributed by atoms with Crippen molar-refractivity contribution in [3.63, 3.8) is 0 Å². The molecule has 0 bridgehead atoms. The van der Waals surface area contributed by atoms with Crippen LogP contribution in [0.25, 0.3) is 0 Å². The van der Waals surface area contributed by atoms with Gasteiger partial charge in [0.2, 0.25) is 0 Å². The van der Waals surface area contributed by atoms with E-state index in [1.165, 1.54) is 51.4 Å². The molecule has 0 aromatic rings. The van der Waals surface area contributed by atoms with Gasteiger partial charge in [-0.2, -0.15) is 0 Å². The molecule has 1 saturated heterocycles. The van der Waals surface area contributed by atoms with Crippen LogP contribution in [0.2, 0.25) is 0 Å². The van der Waals surface area contributed by atoms with E-state index in [0.29, 0.717) is 12.8 Å². The largest absolute Gasteiger partial charge is 0.395 e. The molecule has 144 valence electrons. The van der Waals surface area contributed by atoms with Crippen molar-refractivity contribution in [3.8, 4) is 0 Å². The quantitative estimate of drug-likeness (QED) is 0.330. The molecule has 0 aliphatic carbocycles.